The van der Waals surface area contributed by atoms with Crippen LogP contribution in [-0.4, -0.2) is 0 Å². The van der Waals surface area contributed by atoms with E-state index < -0.39 is 0 Å². The van der Waals surface area contributed by atoms with E-state index in [2.05, 4.69) is 25.1 Å². The van der Waals surface area contributed by atoms with Gasteiger partial charge in [0.15, 0.2) is 0 Å². The Bertz CT molecular complexity index is 521. The Morgan fingerprint density at radius 1 is 1.06 bits per heavy atom. The number of nitrogens with zero attached hydrogens (tertiary/aromatic N) is 1. The van der Waals surface area contributed by atoms with E-state index in [9.17, 15) is 0 Å². The van der Waals surface area contributed by atoms with Crippen molar-refractivity contribution >= 4 is 0 Å². The van der Waals surface area contributed by atoms with Gasteiger partial charge in [-0.15, -0.1) is 0 Å². The summed E-state index contributed by atoms with van der Waals surface area (Å²) in [5.41, 5.74) is 4.35. The summed E-state index contributed by atoms with van der Waals surface area (Å²) in [4.78, 5) is 0. The van der Waals surface area contributed by atoms with Gasteiger partial charge < -0.3 is 0 Å². The lowest BCUT2D eigenvalue weighted by Gasteiger charge is -2.08. The van der Waals surface area contributed by atoms with Gasteiger partial charge in [0.1, 0.15) is 0 Å². The second-order valence-electron chi connectivity index (χ2n) is 3.70. The summed E-state index contributed by atoms with van der Waals surface area (Å²) in [5.74, 6) is 0. The van der Waals surface area contributed by atoms with Crippen molar-refractivity contribution in [3.8, 4) is 17.2 Å². The van der Waals surface area contributed by atoms with Crippen LogP contribution in [0.5, 0.6) is 0 Å². The van der Waals surface area contributed by atoms with Crippen molar-refractivity contribution < 1.29 is 0 Å². The molecule has 2 rings (SSSR count). The van der Waals surface area contributed by atoms with E-state index in [0.29, 0.717) is 0 Å². The van der Waals surface area contributed by atoms with E-state index in [0.717, 1.165) is 12.0 Å². The van der Waals surface area contributed by atoms with Crippen LogP contribution >= 0.6 is 0 Å². The minimum atomic E-state index is 0.719. The molecule has 0 aliphatic rings. The Balaban J connectivity index is 2.59. The second kappa shape index (κ2) is 4.63. The minimum absolute atomic E-state index is 0.719. The first-order chi connectivity index (χ1) is 7.85. The van der Waals surface area contributed by atoms with Gasteiger partial charge in [-0.3, -0.25) is 0 Å². The lowest BCUT2D eigenvalue weighted by molar-refractivity contribution is 1.14. The van der Waals surface area contributed by atoms with Crippen LogP contribution in [0.3, 0.4) is 0 Å². The molecular formula is C15H13N. The maximum absolute atomic E-state index is 8.92. The van der Waals surface area contributed by atoms with Crippen molar-refractivity contribution in [3.05, 3.63) is 59.7 Å². The Hall–Kier alpha value is -2.07. The summed E-state index contributed by atoms with van der Waals surface area (Å²) in [6.45, 7) is 2.13. The van der Waals surface area contributed by atoms with Crippen LogP contribution in [0.25, 0.3) is 11.1 Å². The zero-order chi connectivity index (χ0) is 11.4. The molecule has 0 heterocycles. The van der Waals surface area contributed by atoms with E-state index in [4.69, 9.17) is 5.26 Å². The largest absolute Gasteiger partial charge is 0.192 e. The number of rotatable bonds is 2. The molecule has 78 valence electrons. The Morgan fingerprint density at radius 3 is 2.44 bits per heavy atom. The predicted molar refractivity (Wildman–Crippen MR) is 66.0 cm³/mol. The van der Waals surface area contributed by atoms with Crippen molar-refractivity contribution in [1.82, 2.24) is 0 Å². The van der Waals surface area contributed by atoms with E-state index in [-0.39, 0.29) is 0 Å². The zero-order valence-corrected chi connectivity index (χ0v) is 9.27. The standard InChI is InChI=1S/C15H13N/c1-2-13-9-8-12(11-16)10-15(13)14-6-4-3-5-7-14/h3-10H,2H2,1H3. The summed E-state index contributed by atoms with van der Waals surface area (Å²) in [6.07, 6.45) is 0.982. The first-order valence-electron chi connectivity index (χ1n) is 5.43. The molecule has 0 unspecified atom stereocenters. The summed E-state index contributed by atoms with van der Waals surface area (Å²) < 4.78 is 0. The lowest BCUT2D eigenvalue weighted by Crippen LogP contribution is -1.88. The van der Waals surface area contributed by atoms with E-state index in [1.807, 2.05) is 36.4 Å². The molecular weight excluding hydrogens is 194 g/mol. The summed E-state index contributed by atoms with van der Waals surface area (Å²) in [5, 5.41) is 8.92. The molecule has 0 amide bonds. The van der Waals surface area contributed by atoms with E-state index in [1.54, 1.807) is 0 Å². The highest BCUT2D eigenvalue weighted by Gasteiger charge is 2.04. The molecule has 0 spiro atoms. The molecule has 0 bridgehead atoms. The van der Waals surface area contributed by atoms with Gasteiger partial charge in [-0.2, -0.15) is 5.26 Å². The van der Waals surface area contributed by atoms with E-state index in [1.165, 1.54) is 16.7 Å². The minimum Gasteiger partial charge on any atom is -0.192 e. The topological polar surface area (TPSA) is 23.8 Å². The van der Waals surface area contributed by atoms with Gasteiger partial charge in [-0.1, -0.05) is 43.3 Å². The smallest absolute Gasteiger partial charge is 0.0991 e. The molecule has 0 radical (unpaired) electrons. The van der Waals surface area contributed by atoms with Crippen LogP contribution in [0.2, 0.25) is 0 Å². The highest BCUT2D eigenvalue weighted by Crippen LogP contribution is 2.25. The van der Waals surface area contributed by atoms with Gasteiger partial charge in [-0.25, -0.2) is 0 Å². The average molecular weight is 207 g/mol. The Labute approximate surface area is 96.0 Å². The van der Waals surface area contributed by atoms with Gasteiger partial charge in [0.25, 0.3) is 0 Å². The van der Waals surface area contributed by atoms with Crippen LogP contribution in [0.1, 0.15) is 18.1 Å². The van der Waals surface area contributed by atoms with Crippen molar-refractivity contribution in [2.24, 2.45) is 0 Å². The SMILES string of the molecule is CCc1ccc(C#N)cc1-c1ccccc1. The third-order valence-corrected chi connectivity index (χ3v) is 2.70. The number of hydrogen-bond donors (Lipinski definition) is 0. The number of benzene rings is 2. The molecule has 16 heavy (non-hydrogen) atoms. The van der Waals surface area contributed by atoms with Gasteiger partial charge in [0.2, 0.25) is 0 Å². The number of nitriles is 1. The number of hydrogen-bond acceptors (Lipinski definition) is 1. The molecule has 0 fully saturated rings. The maximum Gasteiger partial charge on any atom is 0.0991 e. The quantitative estimate of drug-likeness (QED) is 0.735. The molecule has 0 aliphatic carbocycles. The second-order valence-corrected chi connectivity index (χ2v) is 3.70. The van der Waals surface area contributed by atoms with E-state index >= 15 is 0 Å². The maximum atomic E-state index is 8.92. The molecule has 0 saturated heterocycles. The Morgan fingerprint density at radius 2 is 1.81 bits per heavy atom. The fourth-order valence-corrected chi connectivity index (χ4v) is 1.84. The van der Waals surface area contributed by atoms with Crippen molar-refractivity contribution in [2.75, 3.05) is 0 Å². The molecule has 1 heteroatoms. The zero-order valence-electron chi connectivity index (χ0n) is 9.27. The lowest BCUT2D eigenvalue weighted by atomic mass is 9.96. The average Bonchev–Trinajstić information content (AvgIpc) is 2.39. The third kappa shape index (κ3) is 1.97. The molecule has 0 saturated carbocycles. The van der Waals surface area contributed by atoms with Crippen molar-refractivity contribution in [1.29, 1.82) is 5.26 Å². The van der Waals surface area contributed by atoms with Gasteiger partial charge in [0.05, 0.1) is 11.6 Å². The van der Waals surface area contributed by atoms with Gasteiger partial charge in [0, 0.05) is 0 Å². The third-order valence-electron chi connectivity index (χ3n) is 2.70. The molecule has 2 aromatic carbocycles. The first-order valence-corrected chi connectivity index (χ1v) is 5.43. The normalized spacial score (nSPS) is 9.75. The molecule has 1 nitrogen and oxygen atoms in total. The summed E-state index contributed by atoms with van der Waals surface area (Å²) in [7, 11) is 0. The monoisotopic (exact) mass is 207 g/mol. The van der Waals surface area contributed by atoms with Gasteiger partial charge >= 0.3 is 0 Å². The highest BCUT2D eigenvalue weighted by atomic mass is 14.2. The molecule has 0 aliphatic heterocycles. The summed E-state index contributed by atoms with van der Waals surface area (Å²) in [6, 6.07) is 18.3. The van der Waals surface area contributed by atoms with Crippen LogP contribution in [0.4, 0.5) is 0 Å². The fourth-order valence-electron chi connectivity index (χ4n) is 1.84. The molecule has 0 aromatic heterocycles. The fraction of sp³-hybridized carbons (Fsp3) is 0.133. The molecule has 0 N–H and O–H groups in total. The first kappa shape index (κ1) is 10.4. The van der Waals surface area contributed by atoms with Crippen LogP contribution in [-0.2, 0) is 6.42 Å². The van der Waals surface area contributed by atoms with Crippen LogP contribution in [0.15, 0.2) is 48.5 Å². The summed E-state index contributed by atoms with van der Waals surface area (Å²) >= 11 is 0. The number of aryl methyl sites for hydroxylation is 1. The molecule has 0 atom stereocenters. The Kier molecular flexibility index (Phi) is 3.03. The molecule has 2 aromatic rings. The van der Waals surface area contributed by atoms with Gasteiger partial charge in [-0.05, 0) is 35.2 Å². The van der Waals surface area contributed by atoms with Crippen LogP contribution in [0, 0.1) is 11.3 Å². The van der Waals surface area contributed by atoms with Crippen molar-refractivity contribution in [3.63, 3.8) is 0 Å². The van der Waals surface area contributed by atoms with Crippen molar-refractivity contribution in [2.45, 2.75) is 13.3 Å². The van der Waals surface area contributed by atoms with Crippen LogP contribution < -0.4 is 0 Å². The highest BCUT2D eigenvalue weighted by molar-refractivity contribution is 5.69. The predicted octanol–water partition coefficient (Wildman–Crippen LogP) is 3.79.